The van der Waals surface area contributed by atoms with Crippen molar-refractivity contribution in [1.29, 1.82) is 0 Å². The van der Waals surface area contributed by atoms with Crippen LogP contribution < -0.4 is 14.8 Å². The van der Waals surface area contributed by atoms with Crippen LogP contribution in [0, 0.1) is 5.89 Å². The third-order valence-corrected chi connectivity index (χ3v) is 4.25. The fourth-order valence-corrected chi connectivity index (χ4v) is 2.70. The molecule has 0 radical (unpaired) electrons. The zero-order valence-corrected chi connectivity index (χ0v) is 15.9. The number of carboxylic acid groups (broad SMARTS) is 1. The summed E-state index contributed by atoms with van der Waals surface area (Å²) in [5.74, 6) is -2.99. The van der Waals surface area contributed by atoms with E-state index in [0.29, 0.717) is 17.1 Å². The normalized spacial score (nSPS) is 14.2. The van der Waals surface area contributed by atoms with Gasteiger partial charge in [-0.15, -0.1) is 0 Å². The number of hydrogen-bond donors (Lipinski definition) is 2. The molecule has 0 aliphatic heterocycles. The summed E-state index contributed by atoms with van der Waals surface area (Å²) in [5, 5.41) is 11.6. The minimum Gasteiger partial charge on any atom is -0.496 e. The van der Waals surface area contributed by atoms with Crippen LogP contribution in [0.25, 0.3) is 11.1 Å². The molecule has 0 aliphatic carbocycles. The van der Waals surface area contributed by atoms with Crippen LogP contribution in [0.4, 0.5) is 0 Å². The molecule has 1 amide bonds. The molecule has 7 heteroatoms. The van der Waals surface area contributed by atoms with Crippen LogP contribution >= 0.6 is 0 Å². The Morgan fingerprint density at radius 2 is 1.71 bits per heavy atom. The van der Waals surface area contributed by atoms with E-state index in [0.717, 1.165) is 18.1 Å². The van der Waals surface area contributed by atoms with Crippen molar-refractivity contribution in [2.45, 2.75) is 19.4 Å². The first-order valence-corrected chi connectivity index (χ1v) is 8.54. The SMILES string of the molecule is [2H]C(C)(C=O)C(=O)N[C@@H](Cc1ccc(-c2c(OC)cccc2OC)cc1)C(=O)O. The van der Waals surface area contributed by atoms with Gasteiger partial charge in [-0.05, 0) is 30.2 Å². The van der Waals surface area contributed by atoms with Gasteiger partial charge in [-0.1, -0.05) is 30.3 Å². The minimum atomic E-state index is -2.04. The van der Waals surface area contributed by atoms with E-state index in [2.05, 4.69) is 5.32 Å². The summed E-state index contributed by atoms with van der Waals surface area (Å²) in [7, 11) is 3.12. The third-order valence-electron chi connectivity index (χ3n) is 4.25. The van der Waals surface area contributed by atoms with Crippen molar-refractivity contribution in [3.63, 3.8) is 0 Å². The molecule has 2 rings (SSSR count). The van der Waals surface area contributed by atoms with Crippen molar-refractivity contribution in [2.24, 2.45) is 5.89 Å². The van der Waals surface area contributed by atoms with E-state index in [1.165, 1.54) is 0 Å². The van der Waals surface area contributed by atoms with Gasteiger partial charge in [0.05, 0.1) is 25.7 Å². The second-order valence-electron chi connectivity index (χ2n) is 6.10. The van der Waals surface area contributed by atoms with Crippen LogP contribution in [0.3, 0.4) is 0 Å². The maximum absolute atomic E-state index is 12.0. The average Bonchev–Trinajstić information content (AvgIpc) is 2.72. The number of methoxy groups -OCH3 is 2. The Labute approximate surface area is 164 Å². The number of aldehydes is 1. The molecule has 28 heavy (non-hydrogen) atoms. The highest BCUT2D eigenvalue weighted by Gasteiger charge is 2.23. The van der Waals surface area contributed by atoms with Crippen molar-refractivity contribution >= 4 is 18.2 Å². The molecular formula is C21H23NO6. The van der Waals surface area contributed by atoms with Crippen molar-refractivity contribution < 1.29 is 30.3 Å². The fourth-order valence-electron chi connectivity index (χ4n) is 2.70. The lowest BCUT2D eigenvalue weighted by atomic mass is 9.99. The first-order chi connectivity index (χ1) is 13.7. The fraction of sp³-hybridized carbons (Fsp3) is 0.286. The van der Waals surface area contributed by atoms with Gasteiger partial charge < -0.3 is 24.7 Å². The number of amides is 1. The molecule has 2 aromatic carbocycles. The molecule has 0 saturated heterocycles. The molecule has 0 saturated carbocycles. The maximum atomic E-state index is 12.0. The van der Waals surface area contributed by atoms with E-state index in [4.69, 9.17) is 10.8 Å². The highest BCUT2D eigenvalue weighted by Crippen LogP contribution is 2.38. The molecular weight excluding hydrogens is 362 g/mol. The second-order valence-corrected chi connectivity index (χ2v) is 6.10. The number of aliphatic carboxylic acids is 1. The Morgan fingerprint density at radius 3 is 2.18 bits per heavy atom. The largest absolute Gasteiger partial charge is 0.496 e. The van der Waals surface area contributed by atoms with E-state index in [1.807, 2.05) is 18.2 Å². The zero-order chi connectivity index (χ0) is 21.6. The summed E-state index contributed by atoms with van der Waals surface area (Å²) < 4.78 is 18.4. The predicted octanol–water partition coefficient (Wildman–Crippen LogP) is 2.32. The Balaban J connectivity index is 2.25. The average molecular weight is 386 g/mol. The topological polar surface area (TPSA) is 102 Å². The summed E-state index contributed by atoms with van der Waals surface area (Å²) >= 11 is 0. The molecule has 0 heterocycles. The lowest BCUT2D eigenvalue weighted by Crippen LogP contribution is -2.44. The van der Waals surface area contributed by atoms with Crippen molar-refractivity contribution in [3.05, 3.63) is 48.0 Å². The van der Waals surface area contributed by atoms with Gasteiger partial charge in [0.25, 0.3) is 0 Å². The van der Waals surface area contributed by atoms with Crippen LogP contribution in [0.15, 0.2) is 42.5 Å². The van der Waals surface area contributed by atoms with E-state index in [-0.39, 0.29) is 12.7 Å². The highest BCUT2D eigenvalue weighted by atomic mass is 16.5. The van der Waals surface area contributed by atoms with Crippen LogP contribution in [0.1, 0.15) is 13.9 Å². The van der Waals surface area contributed by atoms with Gasteiger partial charge in [0, 0.05) is 7.79 Å². The van der Waals surface area contributed by atoms with Crippen LogP contribution in [-0.4, -0.2) is 43.5 Å². The van der Waals surface area contributed by atoms with E-state index in [1.54, 1.807) is 38.5 Å². The van der Waals surface area contributed by atoms with Crippen molar-refractivity contribution in [1.82, 2.24) is 5.32 Å². The molecule has 2 aromatic rings. The number of carboxylic acids is 1. The number of carbonyl (C=O) groups is 3. The second kappa shape index (κ2) is 9.55. The van der Waals surface area contributed by atoms with Gasteiger partial charge in [0.2, 0.25) is 5.91 Å². The molecule has 2 N–H and O–H groups in total. The number of carbonyl (C=O) groups excluding carboxylic acids is 2. The summed E-state index contributed by atoms with van der Waals surface area (Å²) in [5.41, 5.74) is 2.25. The monoisotopic (exact) mass is 386 g/mol. The van der Waals surface area contributed by atoms with Crippen molar-refractivity contribution in [2.75, 3.05) is 14.2 Å². The number of rotatable bonds is 9. The van der Waals surface area contributed by atoms with Gasteiger partial charge in [-0.3, -0.25) is 4.79 Å². The van der Waals surface area contributed by atoms with Gasteiger partial charge in [-0.2, -0.15) is 0 Å². The molecule has 0 spiro atoms. The van der Waals surface area contributed by atoms with Gasteiger partial charge in [0.15, 0.2) is 0 Å². The standard InChI is InChI=1S/C21H23NO6/c1-13(12-23)20(24)22-16(21(25)26)11-14-7-9-15(10-8-14)19-17(27-2)5-4-6-18(19)28-3/h4-10,12-13,16H,11H2,1-3H3,(H,22,24)(H,25,26)/t13?,16-/m0/s1/i13D. The molecule has 2 atom stereocenters. The smallest absolute Gasteiger partial charge is 0.326 e. The van der Waals surface area contributed by atoms with E-state index >= 15 is 0 Å². The summed E-state index contributed by atoms with van der Waals surface area (Å²) in [4.78, 5) is 34.3. The predicted molar refractivity (Wildman–Crippen MR) is 103 cm³/mol. The quantitative estimate of drug-likeness (QED) is 0.507. The number of ether oxygens (including phenoxy) is 2. The Hall–Kier alpha value is -3.35. The van der Waals surface area contributed by atoms with E-state index < -0.39 is 23.8 Å². The Bertz CT molecular complexity index is 872. The van der Waals surface area contributed by atoms with Gasteiger partial charge in [0.1, 0.15) is 23.8 Å². The van der Waals surface area contributed by atoms with Crippen molar-refractivity contribution in [3.8, 4) is 22.6 Å². The molecule has 0 bridgehead atoms. The summed E-state index contributed by atoms with van der Waals surface area (Å²) in [6, 6.07) is 11.3. The van der Waals surface area contributed by atoms with Crippen LogP contribution in [-0.2, 0) is 20.8 Å². The first kappa shape index (κ1) is 19.4. The van der Waals surface area contributed by atoms with Crippen LogP contribution in [0.5, 0.6) is 11.5 Å². The lowest BCUT2D eigenvalue weighted by molar-refractivity contribution is -0.142. The highest BCUT2D eigenvalue weighted by molar-refractivity contribution is 5.93. The Kier molecular flexibility index (Phi) is 6.62. The van der Waals surface area contributed by atoms with Gasteiger partial charge >= 0.3 is 5.97 Å². The number of nitrogens with one attached hydrogen (secondary N) is 1. The molecule has 148 valence electrons. The lowest BCUT2D eigenvalue weighted by Gasteiger charge is -2.17. The molecule has 7 nitrogen and oxygen atoms in total. The minimum absolute atomic E-state index is 0.000645. The van der Waals surface area contributed by atoms with Crippen LogP contribution in [0.2, 0.25) is 0 Å². The summed E-state index contributed by atoms with van der Waals surface area (Å²) in [6.45, 7) is 1.10. The maximum Gasteiger partial charge on any atom is 0.326 e. The molecule has 0 fully saturated rings. The summed E-state index contributed by atoms with van der Waals surface area (Å²) in [6.07, 6.45) is 0.163. The molecule has 1 unspecified atom stereocenters. The number of benzene rings is 2. The Morgan fingerprint density at radius 1 is 1.14 bits per heavy atom. The number of hydrogen-bond acceptors (Lipinski definition) is 5. The van der Waals surface area contributed by atoms with Gasteiger partial charge in [-0.25, -0.2) is 4.79 Å². The first-order valence-electron chi connectivity index (χ1n) is 9.04. The molecule has 0 aliphatic rings. The van der Waals surface area contributed by atoms with E-state index in [9.17, 15) is 19.5 Å². The zero-order valence-electron chi connectivity index (χ0n) is 16.9. The molecule has 0 aromatic heterocycles. The third kappa shape index (κ3) is 4.88.